The molecule has 64 valence electrons. The van der Waals surface area contributed by atoms with E-state index in [9.17, 15) is 0 Å². The predicted octanol–water partition coefficient (Wildman–Crippen LogP) is 3.15. The van der Waals surface area contributed by atoms with Crippen molar-refractivity contribution in [3.8, 4) is 12.1 Å². The van der Waals surface area contributed by atoms with Gasteiger partial charge in [-0.1, -0.05) is 44.4 Å². The van der Waals surface area contributed by atoms with E-state index in [0.29, 0.717) is 0 Å². The molecule has 0 saturated heterocycles. The summed E-state index contributed by atoms with van der Waals surface area (Å²) in [5.41, 5.74) is 2.92. The van der Waals surface area contributed by atoms with Gasteiger partial charge < -0.3 is 0 Å². The van der Waals surface area contributed by atoms with Gasteiger partial charge in [-0.15, -0.1) is 0 Å². The first-order valence-electron chi connectivity index (χ1n) is 3.91. The van der Waals surface area contributed by atoms with Crippen molar-refractivity contribution < 1.29 is 0 Å². The summed E-state index contributed by atoms with van der Waals surface area (Å²) < 4.78 is 0. The number of hydrogen-bond donors (Lipinski definition) is 0. The van der Waals surface area contributed by atoms with Gasteiger partial charge in [0, 0.05) is 0 Å². The summed E-state index contributed by atoms with van der Waals surface area (Å²) in [6.07, 6.45) is 14.0. The van der Waals surface area contributed by atoms with E-state index in [1.807, 2.05) is 18.2 Å². The lowest BCUT2D eigenvalue weighted by atomic mass is 10.7. The molecule has 0 fully saturated rings. The zero-order chi connectivity index (χ0) is 9.45. The molecule has 0 rings (SSSR count). The van der Waals surface area contributed by atoms with E-state index in [1.54, 1.807) is 0 Å². The summed E-state index contributed by atoms with van der Waals surface area (Å²) in [5.74, 6) is 0. The van der Waals surface area contributed by atoms with Gasteiger partial charge in [-0.05, 0) is 0 Å². The summed E-state index contributed by atoms with van der Waals surface area (Å²) in [5, 5.41) is 0. The third kappa shape index (κ3) is 3.07. The Morgan fingerprint density at radius 3 is 1.50 bits per heavy atom. The second-order valence-electron chi connectivity index (χ2n) is 2.69. The Morgan fingerprint density at radius 1 is 1.00 bits per heavy atom. The minimum Gasteiger partial charge on any atom is -0.0995 e. The Kier molecular flexibility index (Phi) is 5.43. The normalized spacial score (nSPS) is 9.92. The fourth-order valence-electron chi connectivity index (χ4n) is 1.12. The molecular weight excluding hydrogens is 163 g/mol. The molecule has 0 spiro atoms. The van der Waals surface area contributed by atoms with Crippen LogP contribution in [0.4, 0.5) is 0 Å². The molecule has 0 unspecified atom stereocenters. The third-order valence-corrected chi connectivity index (χ3v) is 5.13. The van der Waals surface area contributed by atoms with Gasteiger partial charge in [0.15, 0.2) is 0 Å². The second-order valence-corrected chi connectivity index (χ2v) is 6.33. The van der Waals surface area contributed by atoms with Crippen LogP contribution in [-0.4, -0.2) is 18.5 Å². The van der Waals surface area contributed by atoms with Crippen LogP contribution in [0.3, 0.4) is 0 Å². The summed E-state index contributed by atoms with van der Waals surface area (Å²) in [6.45, 7) is 11.2. The maximum absolute atomic E-state index is 5.52. The van der Waals surface area contributed by atoms with Gasteiger partial charge >= 0.3 is 0 Å². The Labute approximate surface area is 76.4 Å². The van der Waals surface area contributed by atoms with Crippen LogP contribution in [0.1, 0.15) is 0 Å². The van der Waals surface area contributed by atoms with E-state index in [4.69, 9.17) is 6.42 Å². The number of rotatable bonds is 6. The van der Waals surface area contributed by atoms with Gasteiger partial charge in [-0.25, -0.2) is 0 Å². The summed E-state index contributed by atoms with van der Waals surface area (Å²) >= 11 is 0. The highest BCUT2D eigenvalue weighted by atomic mass is 31.2. The molecule has 0 heterocycles. The highest BCUT2D eigenvalue weighted by Gasteiger charge is 2.31. The van der Waals surface area contributed by atoms with Crippen molar-refractivity contribution in [1.82, 2.24) is 0 Å². The molecule has 0 aromatic rings. The average molecular weight is 179 g/mol. The Morgan fingerprint density at radius 2 is 1.33 bits per heavy atom. The van der Waals surface area contributed by atoms with Crippen molar-refractivity contribution >= 4 is 7.26 Å². The van der Waals surface area contributed by atoms with Gasteiger partial charge in [-0.2, -0.15) is 0 Å². The second kappa shape index (κ2) is 5.81. The zero-order valence-corrected chi connectivity index (χ0v) is 8.39. The van der Waals surface area contributed by atoms with E-state index in [2.05, 4.69) is 25.4 Å². The van der Waals surface area contributed by atoms with Crippen LogP contribution in [-0.2, 0) is 0 Å². The largest absolute Gasteiger partial charge is 0.103 e. The first kappa shape index (κ1) is 11.2. The maximum Gasteiger partial charge on any atom is 0.103 e. The van der Waals surface area contributed by atoms with Gasteiger partial charge in [0.1, 0.15) is 7.26 Å². The first-order chi connectivity index (χ1) is 5.74. The molecule has 0 radical (unpaired) electrons. The topological polar surface area (TPSA) is 0 Å². The molecule has 0 N–H and O–H groups in total. The van der Waals surface area contributed by atoms with E-state index in [1.165, 1.54) is 0 Å². The highest BCUT2D eigenvalue weighted by molar-refractivity contribution is 7.81. The van der Waals surface area contributed by atoms with E-state index < -0.39 is 7.26 Å². The van der Waals surface area contributed by atoms with Gasteiger partial charge in [0.2, 0.25) is 0 Å². The molecule has 0 aliphatic heterocycles. The highest BCUT2D eigenvalue weighted by Crippen LogP contribution is 2.57. The summed E-state index contributed by atoms with van der Waals surface area (Å²) in [7, 11) is -1.30. The lowest BCUT2D eigenvalue weighted by Gasteiger charge is -2.15. The van der Waals surface area contributed by atoms with Crippen LogP contribution in [0.15, 0.2) is 38.0 Å². The summed E-state index contributed by atoms with van der Waals surface area (Å²) in [6, 6.07) is 0. The van der Waals surface area contributed by atoms with Crippen LogP contribution >= 0.6 is 7.26 Å². The minimum absolute atomic E-state index is 0.932. The molecule has 0 aliphatic carbocycles. The quantitative estimate of drug-likeness (QED) is 0.334. The summed E-state index contributed by atoms with van der Waals surface area (Å²) in [4.78, 5) is 0. The first-order valence-corrected chi connectivity index (χ1v) is 6.26. The lowest BCUT2D eigenvalue weighted by Crippen LogP contribution is -2.01. The molecule has 1 heteroatoms. The van der Waals surface area contributed by atoms with Crippen LogP contribution in [0.25, 0.3) is 0 Å². The Bertz CT molecular complexity index is 181. The zero-order valence-electron chi connectivity index (χ0n) is 7.50. The Hall–Kier alpha value is -0.790. The number of allylic oxidation sites excluding steroid dienone is 3. The molecule has 0 atom stereocenters. The van der Waals surface area contributed by atoms with Crippen LogP contribution in [0.5, 0.6) is 0 Å². The van der Waals surface area contributed by atoms with Gasteiger partial charge in [0.05, 0.1) is 24.1 Å². The molecular formula is C11H16P+. The molecule has 0 amide bonds. The van der Waals surface area contributed by atoms with Gasteiger partial charge in [0.25, 0.3) is 0 Å². The molecule has 0 aromatic carbocycles. The number of hydrogen-bond acceptors (Lipinski definition) is 0. The van der Waals surface area contributed by atoms with Crippen LogP contribution < -0.4 is 0 Å². The minimum atomic E-state index is -1.30. The van der Waals surface area contributed by atoms with Crippen molar-refractivity contribution in [2.75, 3.05) is 18.5 Å². The standard InChI is InChI=1S/C11H16P/c1-5-9-12(8-4,10-6-2)11-7-3/h4-7H,1-3,9-11H2/q+1. The molecule has 0 bridgehead atoms. The van der Waals surface area contributed by atoms with Crippen molar-refractivity contribution in [3.63, 3.8) is 0 Å². The van der Waals surface area contributed by atoms with E-state index in [-0.39, 0.29) is 0 Å². The Balaban J connectivity index is 4.49. The van der Waals surface area contributed by atoms with Crippen molar-refractivity contribution in [2.24, 2.45) is 0 Å². The number of terminal acetylenes is 1. The van der Waals surface area contributed by atoms with Crippen molar-refractivity contribution in [1.29, 1.82) is 0 Å². The lowest BCUT2D eigenvalue weighted by molar-refractivity contribution is 1.56. The fraction of sp³-hybridized carbons (Fsp3) is 0.273. The smallest absolute Gasteiger partial charge is 0.0995 e. The molecule has 0 aliphatic rings. The van der Waals surface area contributed by atoms with Crippen molar-refractivity contribution in [3.05, 3.63) is 38.0 Å². The molecule has 0 saturated carbocycles. The van der Waals surface area contributed by atoms with Crippen LogP contribution in [0.2, 0.25) is 0 Å². The van der Waals surface area contributed by atoms with Gasteiger partial charge in [-0.3, -0.25) is 0 Å². The average Bonchev–Trinajstić information content (AvgIpc) is 2.06. The maximum atomic E-state index is 5.52. The monoisotopic (exact) mass is 179 g/mol. The molecule has 12 heavy (non-hydrogen) atoms. The molecule has 0 aromatic heterocycles. The molecule has 0 nitrogen and oxygen atoms in total. The van der Waals surface area contributed by atoms with E-state index in [0.717, 1.165) is 18.5 Å². The van der Waals surface area contributed by atoms with Crippen molar-refractivity contribution in [2.45, 2.75) is 0 Å². The third-order valence-electron chi connectivity index (χ3n) is 1.71. The SMILES string of the molecule is C#C[P+](CC=C)(CC=C)CC=C. The fourth-order valence-corrected chi connectivity index (χ4v) is 3.37. The van der Waals surface area contributed by atoms with Crippen LogP contribution in [0, 0.1) is 12.1 Å². The van der Waals surface area contributed by atoms with E-state index >= 15 is 0 Å². The predicted molar refractivity (Wildman–Crippen MR) is 60.9 cm³/mol.